The Balaban J connectivity index is 2.04. The van der Waals surface area contributed by atoms with Crippen molar-refractivity contribution in [1.82, 2.24) is 4.90 Å². The molecule has 3 heteroatoms. The van der Waals surface area contributed by atoms with E-state index < -0.39 is 5.38 Å². The molecule has 0 radical (unpaired) electrons. The van der Waals surface area contributed by atoms with E-state index in [-0.39, 0.29) is 5.91 Å². The lowest BCUT2D eigenvalue weighted by Crippen LogP contribution is -2.36. The molecule has 1 atom stereocenters. The quantitative estimate of drug-likeness (QED) is 0.741. The highest BCUT2D eigenvalue weighted by molar-refractivity contribution is 6.30. The monoisotopic (exact) mass is 301 g/mol. The van der Waals surface area contributed by atoms with E-state index in [4.69, 9.17) is 11.6 Å². The van der Waals surface area contributed by atoms with Crippen LogP contribution in [0.15, 0.2) is 60.7 Å². The maximum Gasteiger partial charge on any atom is 0.240 e. The summed E-state index contributed by atoms with van der Waals surface area (Å²) < 4.78 is 0. The normalized spacial score (nSPS) is 11.9. The van der Waals surface area contributed by atoms with E-state index in [0.717, 1.165) is 12.0 Å². The molecule has 2 rings (SSSR count). The van der Waals surface area contributed by atoms with Crippen molar-refractivity contribution in [3.05, 3.63) is 71.8 Å². The Morgan fingerprint density at radius 3 is 2.05 bits per heavy atom. The van der Waals surface area contributed by atoms with Crippen LogP contribution in [0.3, 0.4) is 0 Å². The van der Waals surface area contributed by atoms with Gasteiger partial charge in [0.05, 0.1) is 0 Å². The highest BCUT2D eigenvalue weighted by Gasteiger charge is 2.18. The number of benzene rings is 2. The lowest BCUT2D eigenvalue weighted by molar-refractivity contribution is -0.131. The highest BCUT2D eigenvalue weighted by atomic mass is 35.5. The Bertz CT molecular complexity index is 554. The van der Waals surface area contributed by atoms with Gasteiger partial charge in [0, 0.05) is 13.1 Å². The largest absolute Gasteiger partial charge is 0.337 e. The average molecular weight is 302 g/mol. The van der Waals surface area contributed by atoms with Crippen molar-refractivity contribution in [3.63, 3.8) is 0 Å². The fourth-order valence-corrected chi connectivity index (χ4v) is 2.37. The van der Waals surface area contributed by atoms with Crippen LogP contribution in [-0.4, -0.2) is 22.7 Å². The Morgan fingerprint density at radius 1 is 1.00 bits per heavy atom. The van der Waals surface area contributed by atoms with E-state index in [1.54, 1.807) is 6.92 Å². The fraction of sp³-hybridized carbons (Fsp3) is 0.278. The van der Waals surface area contributed by atoms with Crippen LogP contribution in [0.5, 0.6) is 0 Å². The third-order valence-corrected chi connectivity index (χ3v) is 3.57. The molecule has 0 spiro atoms. The van der Waals surface area contributed by atoms with Gasteiger partial charge in [0.1, 0.15) is 5.38 Å². The van der Waals surface area contributed by atoms with Gasteiger partial charge < -0.3 is 4.90 Å². The summed E-state index contributed by atoms with van der Waals surface area (Å²) in [5, 5.41) is -0.496. The van der Waals surface area contributed by atoms with Crippen molar-refractivity contribution in [2.24, 2.45) is 0 Å². The number of hydrogen-bond acceptors (Lipinski definition) is 1. The molecule has 1 amide bonds. The minimum absolute atomic E-state index is 0.0172. The molecule has 0 unspecified atom stereocenters. The van der Waals surface area contributed by atoms with E-state index in [1.807, 2.05) is 53.4 Å². The Kier molecular flexibility index (Phi) is 5.82. The minimum atomic E-state index is -0.496. The van der Waals surface area contributed by atoms with Gasteiger partial charge in [0.15, 0.2) is 0 Å². The van der Waals surface area contributed by atoms with E-state index in [0.29, 0.717) is 13.1 Å². The molecule has 110 valence electrons. The van der Waals surface area contributed by atoms with Gasteiger partial charge >= 0.3 is 0 Å². The summed E-state index contributed by atoms with van der Waals surface area (Å²) >= 11 is 5.98. The molecule has 0 bridgehead atoms. The van der Waals surface area contributed by atoms with Crippen LogP contribution in [0.2, 0.25) is 0 Å². The van der Waals surface area contributed by atoms with Crippen LogP contribution < -0.4 is 0 Å². The van der Waals surface area contributed by atoms with Crippen LogP contribution in [0.4, 0.5) is 0 Å². The zero-order chi connectivity index (χ0) is 15.1. The van der Waals surface area contributed by atoms with Crippen LogP contribution in [0.25, 0.3) is 0 Å². The second kappa shape index (κ2) is 7.84. The van der Waals surface area contributed by atoms with Gasteiger partial charge in [0.2, 0.25) is 5.91 Å². The van der Waals surface area contributed by atoms with E-state index in [2.05, 4.69) is 12.1 Å². The first-order valence-corrected chi connectivity index (χ1v) is 7.61. The predicted octanol–water partition coefficient (Wildman–Crippen LogP) is 3.89. The molecule has 0 aliphatic carbocycles. The lowest BCUT2D eigenvalue weighted by Gasteiger charge is -2.24. The second-order valence-electron chi connectivity index (χ2n) is 5.10. The van der Waals surface area contributed by atoms with Crippen molar-refractivity contribution in [3.8, 4) is 0 Å². The molecule has 2 aromatic carbocycles. The number of amides is 1. The van der Waals surface area contributed by atoms with Gasteiger partial charge in [-0.15, -0.1) is 11.6 Å². The highest BCUT2D eigenvalue weighted by Crippen LogP contribution is 2.10. The first kappa shape index (κ1) is 15.6. The Labute approximate surface area is 131 Å². The number of halogens is 1. The zero-order valence-electron chi connectivity index (χ0n) is 12.2. The first-order valence-electron chi connectivity index (χ1n) is 7.17. The molecular formula is C18H20ClNO. The summed E-state index contributed by atoms with van der Waals surface area (Å²) in [6.07, 6.45) is 0.836. The number of alkyl halides is 1. The summed E-state index contributed by atoms with van der Waals surface area (Å²) in [4.78, 5) is 14.1. The molecule has 0 fully saturated rings. The Hall–Kier alpha value is -1.80. The second-order valence-corrected chi connectivity index (χ2v) is 5.75. The number of rotatable bonds is 6. The van der Waals surface area contributed by atoms with Crippen molar-refractivity contribution < 1.29 is 4.79 Å². The number of hydrogen-bond donors (Lipinski definition) is 0. The maximum absolute atomic E-state index is 12.3. The molecule has 2 nitrogen and oxygen atoms in total. The van der Waals surface area contributed by atoms with Gasteiger partial charge in [0.25, 0.3) is 0 Å². The molecule has 0 saturated carbocycles. The number of carbonyl (C=O) groups excluding carboxylic acids is 1. The molecule has 0 N–H and O–H groups in total. The van der Waals surface area contributed by atoms with Crippen LogP contribution in [0.1, 0.15) is 18.1 Å². The molecule has 0 aliphatic heterocycles. The smallest absolute Gasteiger partial charge is 0.240 e. The van der Waals surface area contributed by atoms with Gasteiger partial charge in [-0.25, -0.2) is 0 Å². The summed E-state index contributed by atoms with van der Waals surface area (Å²) in [5.41, 5.74) is 2.35. The predicted molar refractivity (Wildman–Crippen MR) is 87.3 cm³/mol. The SMILES string of the molecule is C[C@@H](Cl)C(=O)N(CCc1ccccc1)Cc1ccccc1. The van der Waals surface area contributed by atoms with Gasteiger partial charge in [-0.2, -0.15) is 0 Å². The topological polar surface area (TPSA) is 20.3 Å². The molecule has 0 saturated heterocycles. The molecular weight excluding hydrogens is 282 g/mol. The van der Waals surface area contributed by atoms with Crippen molar-refractivity contribution in [2.45, 2.75) is 25.3 Å². The van der Waals surface area contributed by atoms with Crippen LogP contribution in [0, 0.1) is 0 Å². The zero-order valence-corrected chi connectivity index (χ0v) is 13.0. The third-order valence-electron chi connectivity index (χ3n) is 3.38. The standard InChI is InChI=1S/C18H20ClNO/c1-15(19)18(21)20(14-17-10-6-3-7-11-17)13-12-16-8-4-2-5-9-16/h2-11,15H,12-14H2,1H3/t15-/m1/s1. The summed E-state index contributed by atoms with van der Waals surface area (Å²) in [6.45, 7) is 3.00. The van der Waals surface area contributed by atoms with Crippen LogP contribution in [-0.2, 0) is 17.8 Å². The molecule has 0 aliphatic rings. The van der Waals surface area contributed by atoms with E-state index in [9.17, 15) is 4.79 Å². The molecule has 0 heterocycles. The van der Waals surface area contributed by atoms with Gasteiger partial charge in [-0.05, 0) is 24.5 Å². The molecule has 2 aromatic rings. The first-order chi connectivity index (χ1) is 10.2. The summed E-state index contributed by atoms with van der Waals surface area (Å²) in [7, 11) is 0. The van der Waals surface area contributed by atoms with Crippen molar-refractivity contribution in [2.75, 3.05) is 6.54 Å². The lowest BCUT2D eigenvalue weighted by atomic mass is 10.1. The number of nitrogens with zero attached hydrogens (tertiary/aromatic N) is 1. The molecule has 0 aromatic heterocycles. The third kappa shape index (κ3) is 4.91. The van der Waals surface area contributed by atoms with E-state index >= 15 is 0 Å². The maximum atomic E-state index is 12.3. The van der Waals surface area contributed by atoms with Crippen LogP contribution >= 0.6 is 11.6 Å². The molecule has 21 heavy (non-hydrogen) atoms. The van der Waals surface area contributed by atoms with Crippen molar-refractivity contribution >= 4 is 17.5 Å². The fourth-order valence-electron chi connectivity index (χ4n) is 2.23. The van der Waals surface area contributed by atoms with Gasteiger partial charge in [-0.1, -0.05) is 60.7 Å². The van der Waals surface area contributed by atoms with E-state index in [1.165, 1.54) is 5.56 Å². The minimum Gasteiger partial charge on any atom is -0.337 e. The Morgan fingerprint density at radius 2 is 1.52 bits per heavy atom. The van der Waals surface area contributed by atoms with Gasteiger partial charge in [-0.3, -0.25) is 4.79 Å². The number of carbonyl (C=O) groups is 1. The summed E-state index contributed by atoms with van der Waals surface area (Å²) in [5.74, 6) is -0.0172. The average Bonchev–Trinajstić information content (AvgIpc) is 2.52. The van der Waals surface area contributed by atoms with Crippen molar-refractivity contribution in [1.29, 1.82) is 0 Å². The summed E-state index contributed by atoms with van der Waals surface area (Å²) in [6, 6.07) is 20.2.